The normalized spacial score (nSPS) is 14.4. The van der Waals surface area contributed by atoms with Gasteiger partial charge in [0.05, 0.1) is 16.8 Å². The second kappa shape index (κ2) is 4.48. The molecule has 0 saturated carbocycles. The molecular formula is C7H8ClF3N2S. The minimum atomic E-state index is -4.24. The molecule has 3 N–H and O–H groups in total. The van der Waals surface area contributed by atoms with Gasteiger partial charge in [-0.2, -0.15) is 13.2 Å². The quantitative estimate of drug-likeness (QED) is 0.634. The highest BCUT2D eigenvalue weighted by molar-refractivity contribution is 7.16. The molecule has 1 aromatic heterocycles. The summed E-state index contributed by atoms with van der Waals surface area (Å²) in [5.41, 5.74) is 2.12. The van der Waals surface area contributed by atoms with Crippen molar-refractivity contribution in [3.8, 4) is 0 Å². The first-order valence-corrected chi connectivity index (χ1v) is 4.90. The van der Waals surface area contributed by atoms with Crippen molar-refractivity contribution in [2.45, 2.75) is 18.6 Å². The van der Waals surface area contributed by atoms with Gasteiger partial charge >= 0.3 is 6.18 Å². The molecular weight excluding hydrogens is 237 g/mol. The molecule has 14 heavy (non-hydrogen) atoms. The lowest BCUT2D eigenvalue weighted by Crippen LogP contribution is -2.31. The monoisotopic (exact) mass is 244 g/mol. The highest BCUT2D eigenvalue weighted by atomic mass is 35.5. The van der Waals surface area contributed by atoms with Crippen LogP contribution in [0.25, 0.3) is 0 Å². The summed E-state index contributed by atoms with van der Waals surface area (Å²) in [5, 5.41) is 0. The lowest BCUT2D eigenvalue weighted by Gasteiger charge is -2.15. The molecule has 2 nitrogen and oxygen atoms in total. The fourth-order valence-electron chi connectivity index (χ4n) is 0.989. The van der Waals surface area contributed by atoms with Gasteiger partial charge in [0.2, 0.25) is 0 Å². The maximum absolute atomic E-state index is 12.1. The summed E-state index contributed by atoms with van der Waals surface area (Å²) < 4.78 is 36.6. The van der Waals surface area contributed by atoms with Gasteiger partial charge < -0.3 is 0 Å². The van der Waals surface area contributed by atoms with E-state index in [0.717, 1.165) is 11.3 Å². The molecule has 0 saturated heterocycles. The Kier molecular flexibility index (Phi) is 3.77. The summed E-state index contributed by atoms with van der Waals surface area (Å²) in [6.07, 6.45) is -5.24. The first kappa shape index (κ1) is 11.8. The number of hydrazine groups is 1. The van der Waals surface area contributed by atoms with Gasteiger partial charge in [0.1, 0.15) is 0 Å². The Bertz CT molecular complexity index is 299. The SMILES string of the molecule is NNC(CC(F)(F)F)c1ccc(Cl)s1. The highest BCUT2D eigenvalue weighted by Gasteiger charge is 2.32. The average Bonchev–Trinajstić information content (AvgIpc) is 2.46. The molecule has 0 aromatic carbocycles. The maximum atomic E-state index is 12.1. The van der Waals surface area contributed by atoms with Crippen molar-refractivity contribution in [1.29, 1.82) is 0 Å². The number of halogens is 4. The first-order chi connectivity index (χ1) is 6.42. The molecule has 80 valence electrons. The lowest BCUT2D eigenvalue weighted by molar-refractivity contribution is -0.140. The standard InChI is InChI=1S/C7H8ClF3N2S/c8-6-2-1-5(14-6)4(13-12)3-7(9,10)11/h1-2,4,13H,3,12H2. The fraction of sp³-hybridized carbons (Fsp3) is 0.429. The third-order valence-corrected chi connectivity index (χ3v) is 2.92. The second-order valence-corrected chi connectivity index (χ2v) is 4.43. The van der Waals surface area contributed by atoms with Gasteiger partial charge in [0.25, 0.3) is 0 Å². The number of nitrogens with one attached hydrogen (secondary N) is 1. The van der Waals surface area contributed by atoms with E-state index in [4.69, 9.17) is 17.4 Å². The van der Waals surface area contributed by atoms with E-state index in [1.54, 1.807) is 6.07 Å². The molecule has 1 atom stereocenters. The van der Waals surface area contributed by atoms with Gasteiger partial charge in [-0.15, -0.1) is 11.3 Å². The zero-order valence-corrected chi connectivity index (χ0v) is 8.51. The van der Waals surface area contributed by atoms with Crippen molar-refractivity contribution >= 4 is 22.9 Å². The highest BCUT2D eigenvalue weighted by Crippen LogP contribution is 2.33. The Hall–Kier alpha value is -0.300. The van der Waals surface area contributed by atoms with Gasteiger partial charge in [0.15, 0.2) is 0 Å². The van der Waals surface area contributed by atoms with Gasteiger partial charge in [-0.25, -0.2) is 0 Å². The van der Waals surface area contributed by atoms with Crippen LogP contribution in [0.15, 0.2) is 12.1 Å². The number of thiophene rings is 1. The topological polar surface area (TPSA) is 38.0 Å². The van der Waals surface area contributed by atoms with Crippen LogP contribution in [0, 0.1) is 0 Å². The number of nitrogens with two attached hydrogens (primary N) is 1. The Balaban J connectivity index is 2.72. The van der Waals surface area contributed by atoms with E-state index < -0.39 is 18.6 Å². The average molecular weight is 245 g/mol. The maximum Gasteiger partial charge on any atom is 0.391 e. The van der Waals surface area contributed by atoms with Crippen molar-refractivity contribution in [2.24, 2.45) is 5.84 Å². The summed E-state index contributed by atoms with van der Waals surface area (Å²) in [5.74, 6) is 5.03. The third-order valence-electron chi connectivity index (χ3n) is 1.57. The number of alkyl halides is 3. The second-order valence-electron chi connectivity index (χ2n) is 2.68. The molecule has 0 radical (unpaired) electrons. The van der Waals surface area contributed by atoms with Crippen LogP contribution in [0.4, 0.5) is 13.2 Å². The summed E-state index contributed by atoms with van der Waals surface area (Å²) in [6.45, 7) is 0. The minimum absolute atomic E-state index is 0.447. The van der Waals surface area contributed by atoms with Crippen molar-refractivity contribution in [3.05, 3.63) is 21.3 Å². The molecule has 0 spiro atoms. The van der Waals surface area contributed by atoms with E-state index in [0.29, 0.717) is 9.21 Å². The molecule has 0 amide bonds. The van der Waals surface area contributed by atoms with Crippen molar-refractivity contribution in [1.82, 2.24) is 5.43 Å². The fourth-order valence-corrected chi connectivity index (χ4v) is 2.11. The van der Waals surface area contributed by atoms with Crippen LogP contribution >= 0.6 is 22.9 Å². The number of hydrogen-bond acceptors (Lipinski definition) is 3. The van der Waals surface area contributed by atoms with Crippen LogP contribution in [-0.2, 0) is 0 Å². The van der Waals surface area contributed by atoms with E-state index >= 15 is 0 Å². The third kappa shape index (κ3) is 3.45. The Labute approximate surface area is 87.8 Å². The van der Waals surface area contributed by atoms with Crippen LogP contribution < -0.4 is 11.3 Å². The Morgan fingerprint density at radius 1 is 1.50 bits per heavy atom. The van der Waals surface area contributed by atoms with Crippen LogP contribution in [0.5, 0.6) is 0 Å². The van der Waals surface area contributed by atoms with Gasteiger partial charge in [0, 0.05) is 4.88 Å². The van der Waals surface area contributed by atoms with Crippen LogP contribution in [-0.4, -0.2) is 6.18 Å². The molecule has 1 heterocycles. The Morgan fingerprint density at radius 2 is 2.14 bits per heavy atom. The Morgan fingerprint density at radius 3 is 2.50 bits per heavy atom. The molecule has 1 aromatic rings. The minimum Gasteiger partial charge on any atom is -0.271 e. The number of rotatable bonds is 3. The molecule has 0 aliphatic rings. The number of hydrogen-bond donors (Lipinski definition) is 2. The van der Waals surface area contributed by atoms with Crippen molar-refractivity contribution in [3.63, 3.8) is 0 Å². The zero-order valence-electron chi connectivity index (χ0n) is 6.94. The van der Waals surface area contributed by atoms with Crippen molar-refractivity contribution < 1.29 is 13.2 Å². The van der Waals surface area contributed by atoms with Gasteiger partial charge in [-0.05, 0) is 12.1 Å². The molecule has 0 aliphatic carbocycles. The molecule has 1 unspecified atom stereocenters. The molecule has 0 bridgehead atoms. The van der Waals surface area contributed by atoms with E-state index in [1.807, 2.05) is 0 Å². The summed E-state index contributed by atoms with van der Waals surface area (Å²) >= 11 is 6.69. The molecule has 0 aliphatic heterocycles. The summed E-state index contributed by atoms with van der Waals surface area (Å²) in [6, 6.07) is 2.15. The largest absolute Gasteiger partial charge is 0.391 e. The predicted octanol–water partition coefficient (Wildman–Crippen LogP) is 2.86. The van der Waals surface area contributed by atoms with E-state index in [-0.39, 0.29) is 0 Å². The van der Waals surface area contributed by atoms with Crippen LogP contribution in [0.1, 0.15) is 17.3 Å². The van der Waals surface area contributed by atoms with E-state index in [9.17, 15) is 13.2 Å². The van der Waals surface area contributed by atoms with Crippen molar-refractivity contribution in [2.75, 3.05) is 0 Å². The van der Waals surface area contributed by atoms with Gasteiger partial charge in [-0.3, -0.25) is 11.3 Å². The zero-order chi connectivity index (χ0) is 10.8. The molecule has 7 heteroatoms. The first-order valence-electron chi connectivity index (χ1n) is 3.70. The lowest BCUT2D eigenvalue weighted by atomic mass is 10.2. The summed E-state index contributed by atoms with van der Waals surface area (Å²) in [7, 11) is 0. The molecule has 1 rings (SSSR count). The predicted molar refractivity (Wildman–Crippen MR) is 50.1 cm³/mol. The summed E-state index contributed by atoms with van der Waals surface area (Å²) in [4.78, 5) is 0.481. The molecule has 0 fully saturated rings. The van der Waals surface area contributed by atoms with E-state index in [2.05, 4.69) is 5.43 Å². The van der Waals surface area contributed by atoms with E-state index in [1.165, 1.54) is 6.07 Å². The van der Waals surface area contributed by atoms with Gasteiger partial charge in [-0.1, -0.05) is 11.6 Å². The smallest absolute Gasteiger partial charge is 0.271 e. The van der Waals surface area contributed by atoms with Crippen LogP contribution in [0.2, 0.25) is 4.34 Å². The van der Waals surface area contributed by atoms with Crippen LogP contribution in [0.3, 0.4) is 0 Å².